The Morgan fingerprint density at radius 3 is 2.92 bits per heavy atom. The highest BCUT2D eigenvalue weighted by molar-refractivity contribution is 5.96. The van der Waals surface area contributed by atoms with Crippen molar-refractivity contribution >= 4 is 16.6 Å². The van der Waals surface area contributed by atoms with E-state index in [1.807, 2.05) is 0 Å². The minimum Gasteiger partial charge on any atom is -0.504 e. The lowest BCUT2D eigenvalue weighted by Gasteiger charge is -2.34. The molecule has 1 aliphatic carbocycles. The van der Waals surface area contributed by atoms with E-state index >= 15 is 0 Å². The number of phenolic OH excluding ortho intramolecular Hbond substituents is 2. The number of fused-ring (bicyclic) bond motifs is 2. The maximum atomic E-state index is 9.99. The van der Waals surface area contributed by atoms with Crippen LogP contribution in [0, 0.1) is 11.3 Å². The van der Waals surface area contributed by atoms with Gasteiger partial charge in [-0.15, -0.1) is 0 Å². The van der Waals surface area contributed by atoms with E-state index in [1.54, 1.807) is 12.1 Å². The summed E-state index contributed by atoms with van der Waals surface area (Å²) in [7, 11) is 0. The van der Waals surface area contributed by atoms with Crippen molar-refractivity contribution < 1.29 is 10.2 Å². The van der Waals surface area contributed by atoms with Crippen LogP contribution in [0.2, 0.25) is 0 Å². The van der Waals surface area contributed by atoms with Gasteiger partial charge in [-0.2, -0.15) is 5.26 Å². The van der Waals surface area contributed by atoms with Crippen LogP contribution >= 0.6 is 0 Å². The zero-order valence-electron chi connectivity index (χ0n) is 14.8. The summed E-state index contributed by atoms with van der Waals surface area (Å²) in [6.45, 7) is 2.78. The summed E-state index contributed by atoms with van der Waals surface area (Å²) < 4.78 is 0. The van der Waals surface area contributed by atoms with Crippen LogP contribution < -0.4 is 5.32 Å². The second-order valence-electron chi connectivity index (χ2n) is 7.32. The minimum absolute atomic E-state index is 0.111. The van der Waals surface area contributed by atoms with Gasteiger partial charge in [-0.3, -0.25) is 4.98 Å². The fourth-order valence-corrected chi connectivity index (χ4v) is 4.24. The third-order valence-corrected chi connectivity index (χ3v) is 5.50. The zero-order chi connectivity index (χ0) is 18.1. The summed E-state index contributed by atoms with van der Waals surface area (Å²) in [6.07, 6.45) is 5.80. The first kappa shape index (κ1) is 16.9. The molecule has 1 aliphatic heterocycles. The summed E-state index contributed by atoms with van der Waals surface area (Å²) in [5.74, 6) is -0.242. The molecule has 1 unspecified atom stereocenters. The molecule has 0 spiro atoms. The number of pyridine rings is 1. The lowest BCUT2D eigenvalue weighted by atomic mass is 10.0. The highest BCUT2D eigenvalue weighted by atomic mass is 16.3. The van der Waals surface area contributed by atoms with Crippen molar-refractivity contribution in [1.29, 1.82) is 5.26 Å². The molecule has 136 valence electrons. The first-order valence-electron chi connectivity index (χ1n) is 9.39. The number of aryl methyl sites for hydroxylation is 1. The molecule has 0 amide bonds. The molecule has 4 rings (SSSR count). The van der Waals surface area contributed by atoms with Gasteiger partial charge in [0.25, 0.3) is 0 Å². The molecule has 6 nitrogen and oxygen atoms in total. The molecule has 2 aromatic rings. The Hall–Kier alpha value is -2.52. The first-order chi connectivity index (χ1) is 12.7. The molecule has 1 atom stereocenters. The first-order valence-corrected chi connectivity index (χ1v) is 9.39. The summed E-state index contributed by atoms with van der Waals surface area (Å²) in [5, 5.41) is 33.3. The van der Waals surface area contributed by atoms with Crippen molar-refractivity contribution in [1.82, 2.24) is 9.88 Å². The van der Waals surface area contributed by atoms with Gasteiger partial charge in [0.2, 0.25) is 0 Å². The van der Waals surface area contributed by atoms with Crippen LogP contribution in [0.4, 0.5) is 5.69 Å². The fourth-order valence-electron chi connectivity index (χ4n) is 4.24. The number of hydrogen-bond acceptors (Lipinski definition) is 6. The van der Waals surface area contributed by atoms with E-state index in [2.05, 4.69) is 16.3 Å². The molecule has 1 fully saturated rings. The second kappa shape index (κ2) is 7.00. The number of benzene rings is 1. The molecule has 2 heterocycles. The molecule has 6 heteroatoms. The summed E-state index contributed by atoms with van der Waals surface area (Å²) >= 11 is 0. The van der Waals surface area contributed by atoms with Crippen molar-refractivity contribution in [3.8, 4) is 17.6 Å². The third-order valence-electron chi connectivity index (χ3n) is 5.50. The molecule has 2 aliphatic rings. The van der Waals surface area contributed by atoms with Gasteiger partial charge in [0.05, 0.1) is 11.6 Å². The van der Waals surface area contributed by atoms with Crippen LogP contribution in [-0.2, 0) is 12.8 Å². The number of likely N-dealkylation sites (tertiary alicyclic amines) is 1. The van der Waals surface area contributed by atoms with Gasteiger partial charge >= 0.3 is 0 Å². The Morgan fingerprint density at radius 1 is 1.23 bits per heavy atom. The SMILES string of the molecule is N#CCCN1CCCC(Nc2c3c(nc4cc(O)c(O)cc24)CCC3)C1. The maximum Gasteiger partial charge on any atom is 0.159 e. The van der Waals surface area contributed by atoms with Crippen molar-refractivity contribution in [2.75, 3.05) is 25.0 Å². The third kappa shape index (κ3) is 3.15. The highest BCUT2D eigenvalue weighted by Crippen LogP contribution is 2.39. The number of nitrogens with one attached hydrogen (secondary N) is 1. The predicted molar refractivity (Wildman–Crippen MR) is 100 cm³/mol. The molecular formula is C20H24N4O2. The number of rotatable bonds is 4. The van der Waals surface area contributed by atoms with Crippen LogP contribution in [0.25, 0.3) is 10.9 Å². The molecule has 26 heavy (non-hydrogen) atoms. The molecule has 0 saturated carbocycles. The van der Waals surface area contributed by atoms with Gasteiger partial charge in [-0.05, 0) is 50.3 Å². The molecule has 0 bridgehead atoms. The number of hydrogen-bond donors (Lipinski definition) is 3. The average molecular weight is 352 g/mol. The van der Waals surface area contributed by atoms with Crippen LogP contribution in [0.1, 0.15) is 36.9 Å². The Bertz CT molecular complexity index is 874. The number of aromatic nitrogens is 1. The van der Waals surface area contributed by atoms with Crippen molar-refractivity contribution in [2.24, 2.45) is 0 Å². The topological polar surface area (TPSA) is 92.4 Å². The van der Waals surface area contributed by atoms with Crippen molar-refractivity contribution in [3.05, 3.63) is 23.4 Å². The molecule has 1 saturated heterocycles. The normalized spacial score (nSPS) is 20.0. The van der Waals surface area contributed by atoms with E-state index in [9.17, 15) is 10.2 Å². The smallest absolute Gasteiger partial charge is 0.159 e. The van der Waals surface area contributed by atoms with Crippen molar-refractivity contribution in [2.45, 2.75) is 44.6 Å². The molecular weight excluding hydrogens is 328 g/mol. The van der Waals surface area contributed by atoms with Gasteiger partial charge in [0.1, 0.15) is 0 Å². The second-order valence-corrected chi connectivity index (χ2v) is 7.32. The van der Waals surface area contributed by atoms with E-state index in [4.69, 9.17) is 10.2 Å². The fraction of sp³-hybridized carbons (Fsp3) is 0.500. The van der Waals surface area contributed by atoms with E-state index < -0.39 is 0 Å². The lowest BCUT2D eigenvalue weighted by molar-refractivity contribution is 0.221. The summed E-state index contributed by atoms with van der Waals surface area (Å²) in [5.41, 5.74) is 4.13. The Kier molecular flexibility index (Phi) is 4.56. The Labute approximate surface area is 153 Å². The van der Waals surface area contributed by atoms with Crippen LogP contribution in [0.5, 0.6) is 11.5 Å². The number of phenols is 2. The lowest BCUT2D eigenvalue weighted by Crippen LogP contribution is -2.42. The highest BCUT2D eigenvalue weighted by Gasteiger charge is 2.25. The van der Waals surface area contributed by atoms with Gasteiger partial charge in [-0.1, -0.05) is 0 Å². The largest absolute Gasteiger partial charge is 0.504 e. The van der Waals surface area contributed by atoms with Gasteiger partial charge < -0.3 is 20.4 Å². The van der Waals surface area contributed by atoms with Gasteiger partial charge in [0, 0.05) is 48.4 Å². The average Bonchev–Trinajstić information content (AvgIpc) is 3.10. The number of nitrogens with zero attached hydrogens (tertiary/aromatic N) is 3. The molecule has 3 N–H and O–H groups in total. The van der Waals surface area contributed by atoms with Crippen LogP contribution in [-0.4, -0.2) is 45.8 Å². The quantitative estimate of drug-likeness (QED) is 0.733. The molecule has 0 radical (unpaired) electrons. The Morgan fingerprint density at radius 2 is 2.08 bits per heavy atom. The predicted octanol–water partition coefficient (Wildman–Crippen LogP) is 2.92. The number of nitriles is 1. The van der Waals surface area contributed by atoms with Crippen LogP contribution in [0.3, 0.4) is 0 Å². The number of anilines is 1. The van der Waals surface area contributed by atoms with Gasteiger partial charge in [-0.25, -0.2) is 0 Å². The monoisotopic (exact) mass is 352 g/mol. The summed E-state index contributed by atoms with van der Waals surface area (Å²) in [6, 6.07) is 5.71. The van der Waals surface area contributed by atoms with E-state index in [0.29, 0.717) is 12.5 Å². The van der Waals surface area contributed by atoms with Crippen molar-refractivity contribution in [3.63, 3.8) is 0 Å². The molecule has 1 aromatic heterocycles. The van der Waals surface area contributed by atoms with E-state index in [1.165, 1.54) is 5.56 Å². The number of aromatic hydroxyl groups is 2. The van der Waals surface area contributed by atoms with Gasteiger partial charge in [0.15, 0.2) is 11.5 Å². The number of piperidine rings is 1. The zero-order valence-corrected chi connectivity index (χ0v) is 14.8. The molecule has 1 aromatic carbocycles. The Balaban J connectivity index is 1.67. The standard InChI is InChI=1S/C20H24N4O2/c21-7-3-9-24-8-2-4-13(12-24)22-20-14-5-1-6-16(14)23-17-11-19(26)18(25)10-15(17)20/h10-11,13,25-26H,1-6,8-9,12H2,(H,22,23). The summed E-state index contributed by atoms with van der Waals surface area (Å²) in [4.78, 5) is 7.05. The van der Waals surface area contributed by atoms with Crippen LogP contribution in [0.15, 0.2) is 12.1 Å². The maximum absolute atomic E-state index is 9.99. The minimum atomic E-state index is -0.130. The van der Waals surface area contributed by atoms with E-state index in [-0.39, 0.29) is 11.5 Å². The van der Waals surface area contributed by atoms with E-state index in [0.717, 1.165) is 74.0 Å².